The molecule has 0 saturated heterocycles. The lowest BCUT2D eigenvalue weighted by Crippen LogP contribution is -1.94. The van der Waals surface area contributed by atoms with Gasteiger partial charge < -0.3 is 4.74 Å². The molecule has 2 aromatic carbocycles. The van der Waals surface area contributed by atoms with Crippen LogP contribution in [-0.4, -0.2) is 7.11 Å². The number of hydrogen-bond donors (Lipinski definition) is 0. The van der Waals surface area contributed by atoms with Gasteiger partial charge in [-0.15, -0.1) is 0 Å². The summed E-state index contributed by atoms with van der Waals surface area (Å²) in [4.78, 5) is 0. The van der Waals surface area contributed by atoms with Gasteiger partial charge in [-0.3, -0.25) is 0 Å². The molecule has 0 aliphatic heterocycles. The van der Waals surface area contributed by atoms with Crippen molar-refractivity contribution in [2.75, 3.05) is 7.11 Å². The van der Waals surface area contributed by atoms with Crippen LogP contribution in [0.4, 0.5) is 0 Å². The minimum atomic E-state index is 0.658. The molecule has 0 spiro atoms. The van der Waals surface area contributed by atoms with Gasteiger partial charge in [0.1, 0.15) is 0 Å². The maximum Gasteiger partial charge on any atom is 0.0719 e. The fraction of sp³-hybridized carbons (Fsp3) is 0.250. The number of aryl methyl sites for hydroxylation is 2. The van der Waals surface area contributed by atoms with Crippen molar-refractivity contribution in [2.24, 2.45) is 0 Å². The molecule has 0 aliphatic rings. The van der Waals surface area contributed by atoms with Gasteiger partial charge in [-0.1, -0.05) is 48.0 Å². The molecule has 0 atom stereocenters. The Balaban J connectivity index is 2.55. The van der Waals surface area contributed by atoms with E-state index in [1.165, 1.54) is 27.8 Å². The number of methoxy groups -OCH3 is 1. The van der Waals surface area contributed by atoms with Crippen LogP contribution in [0.3, 0.4) is 0 Å². The number of rotatable bonds is 3. The first-order valence-corrected chi connectivity index (χ1v) is 5.87. The van der Waals surface area contributed by atoms with E-state index in [4.69, 9.17) is 4.74 Å². The molecule has 0 aliphatic carbocycles. The molecular formula is C16H18O. The zero-order valence-corrected chi connectivity index (χ0v) is 10.7. The lowest BCUT2D eigenvalue weighted by atomic mass is 9.95. The van der Waals surface area contributed by atoms with Gasteiger partial charge in [0.05, 0.1) is 6.61 Å². The zero-order chi connectivity index (χ0) is 12.3. The van der Waals surface area contributed by atoms with E-state index in [0.717, 1.165) is 0 Å². The molecule has 2 aromatic rings. The highest BCUT2D eigenvalue weighted by Gasteiger charge is 2.07. The third-order valence-electron chi connectivity index (χ3n) is 3.00. The molecule has 0 amide bonds. The Hall–Kier alpha value is -1.60. The first-order valence-electron chi connectivity index (χ1n) is 5.87. The number of benzene rings is 2. The van der Waals surface area contributed by atoms with Crippen molar-refractivity contribution in [2.45, 2.75) is 20.5 Å². The van der Waals surface area contributed by atoms with Crippen LogP contribution in [0.2, 0.25) is 0 Å². The predicted octanol–water partition coefficient (Wildman–Crippen LogP) is 4.12. The summed E-state index contributed by atoms with van der Waals surface area (Å²) in [5.41, 5.74) is 6.39. The second-order valence-corrected chi connectivity index (χ2v) is 4.41. The Kier molecular flexibility index (Phi) is 3.60. The first kappa shape index (κ1) is 11.9. The molecule has 0 fully saturated rings. The van der Waals surface area contributed by atoms with Crippen LogP contribution in [0.25, 0.3) is 11.1 Å². The topological polar surface area (TPSA) is 9.23 Å². The molecule has 0 bridgehead atoms. The van der Waals surface area contributed by atoms with Gasteiger partial charge in [0.15, 0.2) is 0 Å². The molecule has 0 N–H and O–H groups in total. The average molecular weight is 226 g/mol. The van der Waals surface area contributed by atoms with Crippen molar-refractivity contribution in [3.05, 3.63) is 59.2 Å². The van der Waals surface area contributed by atoms with Gasteiger partial charge in [0.25, 0.3) is 0 Å². The van der Waals surface area contributed by atoms with Crippen molar-refractivity contribution in [3.63, 3.8) is 0 Å². The first-order chi connectivity index (χ1) is 8.22. The summed E-state index contributed by atoms with van der Waals surface area (Å²) in [5, 5.41) is 0. The van der Waals surface area contributed by atoms with Crippen molar-refractivity contribution >= 4 is 0 Å². The molecule has 0 heterocycles. The highest BCUT2D eigenvalue weighted by atomic mass is 16.5. The van der Waals surface area contributed by atoms with Crippen LogP contribution < -0.4 is 0 Å². The van der Waals surface area contributed by atoms with E-state index in [-0.39, 0.29) is 0 Å². The normalized spacial score (nSPS) is 10.5. The standard InChI is InChI=1S/C16H18O/c1-12-8-9-16(14(10-12)11-17-3)15-7-5-4-6-13(15)2/h4-10H,11H2,1-3H3. The zero-order valence-electron chi connectivity index (χ0n) is 10.7. The molecule has 0 unspecified atom stereocenters. The Morgan fingerprint density at radius 2 is 1.71 bits per heavy atom. The molecule has 1 nitrogen and oxygen atoms in total. The van der Waals surface area contributed by atoms with Crippen LogP contribution in [0.1, 0.15) is 16.7 Å². The van der Waals surface area contributed by atoms with Crippen LogP contribution in [0.5, 0.6) is 0 Å². The highest BCUT2D eigenvalue weighted by Crippen LogP contribution is 2.27. The van der Waals surface area contributed by atoms with Crippen LogP contribution in [-0.2, 0) is 11.3 Å². The SMILES string of the molecule is COCc1cc(C)ccc1-c1ccccc1C. The molecular weight excluding hydrogens is 208 g/mol. The van der Waals surface area contributed by atoms with Crippen molar-refractivity contribution in [1.82, 2.24) is 0 Å². The summed E-state index contributed by atoms with van der Waals surface area (Å²) < 4.78 is 5.28. The molecule has 1 heteroatoms. The van der Waals surface area contributed by atoms with E-state index in [2.05, 4.69) is 56.3 Å². The van der Waals surface area contributed by atoms with Gasteiger partial charge in [0.2, 0.25) is 0 Å². The summed E-state index contributed by atoms with van der Waals surface area (Å²) >= 11 is 0. The van der Waals surface area contributed by atoms with Gasteiger partial charge in [0, 0.05) is 7.11 Å². The summed E-state index contributed by atoms with van der Waals surface area (Å²) in [6.45, 7) is 4.91. The third kappa shape index (κ3) is 2.56. The summed E-state index contributed by atoms with van der Waals surface area (Å²) in [6.07, 6.45) is 0. The second kappa shape index (κ2) is 5.15. The monoisotopic (exact) mass is 226 g/mol. The molecule has 0 radical (unpaired) electrons. The molecule has 88 valence electrons. The van der Waals surface area contributed by atoms with Crippen molar-refractivity contribution in [1.29, 1.82) is 0 Å². The highest BCUT2D eigenvalue weighted by molar-refractivity contribution is 5.70. The quantitative estimate of drug-likeness (QED) is 0.765. The predicted molar refractivity (Wildman–Crippen MR) is 72.1 cm³/mol. The fourth-order valence-electron chi connectivity index (χ4n) is 2.14. The smallest absolute Gasteiger partial charge is 0.0719 e. The van der Waals surface area contributed by atoms with E-state index in [1.54, 1.807) is 7.11 Å². The van der Waals surface area contributed by atoms with E-state index >= 15 is 0 Å². The van der Waals surface area contributed by atoms with Gasteiger partial charge >= 0.3 is 0 Å². The van der Waals surface area contributed by atoms with E-state index in [0.29, 0.717) is 6.61 Å². The van der Waals surface area contributed by atoms with Gasteiger partial charge in [-0.05, 0) is 36.1 Å². The van der Waals surface area contributed by atoms with Gasteiger partial charge in [-0.25, -0.2) is 0 Å². The lowest BCUT2D eigenvalue weighted by molar-refractivity contribution is 0.185. The average Bonchev–Trinajstić information content (AvgIpc) is 2.31. The van der Waals surface area contributed by atoms with Crippen molar-refractivity contribution in [3.8, 4) is 11.1 Å². The number of ether oxygens (including phenoxy) is 1. The minimum Gasteiger partial charge on any atom is -0.380 e. The van der Waals surface area contributed by atoms with E-state index in [1.807, 2.05) is 0 Å². The van der Waals surface area contributed by atoms with Crippen LogP contribution in [0, 0.1) is 13.8 Å². The molecule has 17 heavy (non-hydrogen) atoms. The Bertz CT molecular complexity index is 515. The Morgan fingerprint density at radius 1 is 0.941 bits per heavy atom. The number of hydrogen-bond acceptors (Lipinski definition) is 1. The van der Waals surface area contributed by atoms with Crippen molar-refractivity contribution < 1.29 is 4.74 Å². The maximum absolute atomic E-state index is 5.28. The van der Waals surface area contributed by atoms with E-state index in [9.17, 15) is 0 Å². The summed E-state index contributed by atoms with van der Waals surface area (Å²) in [7, 11) is 1.74. The summed E-state index contributed by atoms with van der Waals surface area (Å²) in [6, 6.07) is 15.0. The Morgan fingerprint density at radius 3 is 2.41 bits per heavy atom. The van der Waals surface area contributed by atoms with Gasteiger partial charge in [-0.2, -0.15) is 0 Å². The largest absolute Gasteiger partial charge is 0.380 e. The lowest BCUT2D eigenvalue weighted by Gasteiger charge is -2.12. The third-order valence-corrected chi connectivity index (χ3v) is 3.00. The molecule has 0 aromatic heterocycles. The van der Waals surface area contributed by atoms with Crippen LogP contribution >= 0.6 is 0 Å². The minimum absolute atomic E-state index is 0.658. The fourth-order valence-corrected chi connectivity index (χ4v) is 2.14. The second-order valence-electron chi connectivity index (χ2n) is 4.41. The molecule has 0 saturated carbocycles. The Labute approximate surface area is 103 Å². The molecule has 2 rings (SSSR count). The van der Waals surface area contributed by atoms with Crippen LogP contribution in [0.15, 0.2) is 42.5 Å². The summed E-state index contributed by atoms with van der Waals surface area (Å²) in [5.74, 6) is 0. The van der Waals surface area contributed by atoms with E-state index < -0.39 is 0 Å². The maximum atomic E-state index is 5.28.